The number of hydrogen-bond donors (Lipinski definition) is 1. The number of aromatic nitrogens is 1. The molecule has 0 saturated heterocycles. The molecule has 0 fully saturated rings. The lowest BCUT2D eigenvalue weighted by molar-refractivity contribution is -0.121. The van der Waals surface area contributed by atoms with Gasteiger partial charge in [-0.25, -0.2) is 0 Å². The van der Waals surface area contributed by atoms with Crippen LogP contribution in [0.15, 0.2) is 53.1 Å². The molecule has 0 bridgehead atoms. The van der Waals surface area contributed by atoms with E-state index in [2.05, 4.69) is 22.6 Å². The van der Waals surface area contributed by atoms with Crippen LogP contribution in [-0.4, -0.2) is 11.1 Å². The molecule has 0 aliphatic heterocycles. The van der Waals surface area contributed by atoms with E-state index in [0.29, 0.717) is 24.6 Å². The maximum absolute atomic E-state index is 11.8. The third-order valence-electron chi connectivity index (χ3n) is 3.65. The van der Waals surface area contributed by atoms with Gasteiger partial charge in [0, 0.05) is 18.1 Å². The minimum absolute atomic E-state index is 0.0595. The van der Waals surface area contributed by atoms with Gasteiger partial charge in [-0.1, -0.05) is 47.6 Å². The maximum atomic E-state index is 11.8. The second-order valence-electron chi connectivity index (χ2n) is 5.29. The highest BCUT2D eigenvalue weighted by Crippen LogP contribution is 2.20. The molecule has 1 N–H and O–H groups in total. The smallest absolute Gasteiger partial charge is 0.220 e. The monoisotopic (exact) mass is 282 g/mol. The predicted molar refractivity (Wildman–Crippen MR) is 80.3 cm³/mol. The van der Waals surface area contributed by atoms with Crippen LogP contribution in [0.25, 0.3) is 11.3 Å². The summed E-state index contributed by atoms with van der Waals surface area (Å²) in [5.74, 6) is 1.12. The SMILES string of the molecule is O=C(C[C@H]1C=CCC1)NCc1cc(-c2ccccc2)no1. The molecule has 108 valence electrons. The lowest BCUT2D eigenvalue weighted by Crippen LogP contribution is -2.24. The third-order valence-corrected chi connectivity index (χ3v) is 3.65. The average molecular weight is 282 g/mol. The van der Waals surface area contributed by atoms with Gasteiger partial charge in [0.2, 0.25) is 5.91 Å². The van der Waals surface area contributed by atoms with Crippen molar-refractivity contribution < 1.29 is 9.32 Å². The van der Waals surface area contributed by atoms with Crippen molar-refractivity contribution in [1.29, 1.82) is 0 Å². The molecule has 1 amide bonds. The molecule has 0 radical (unpaired) electrons. The molecule has 0 saturated carbocycles. The number of allylic oxidation sites excluding steroid dienone is 2. The van der Waals surface area contributed by atoms with E-state index in [1.807, 2.05) is 36.4 Å². The van der Waals surface area contributed by atoms with E-state index < -0.39 is 0 Å². The standard InChI is InChI=1S/C17H18N2O2/c20-17(10-13-6-4-5-7-13)18-12-15-11-16(19-21-15)14-8-2-1-3-9-14/h1-4,6,8-9,11,13H,5,7,10,12H2,(H,18,20)/t13-/m0/s1. The number of hydrogen-bond acceptors (Lipinski definition) is 3. The van der Waals surface area contributed by atoms with Gasteiger partial charge in [-0.05, 0) is 18.8 Å². The summed E-state index contributed by atoms with van der Waals surface area (Å²) in [5.41, 5.74) is 1.80. The Balaban J connectivity index is 1.53. The second kappa shape index (κ2) is 6.39. The highest BCUT2D eigenvalue weighted by molar-refractivity contribution is 5.76. The summed E-state index contributed by atoms with van der Waals surface area (Å²) in [4.78, 5) is 11.8. The summed E-state index contributed by atoms with van der Waals surface area (Å²) in [5, 5.41) is 6.91. The van der Waals surface area contributed by atoms with Crippen molar-refractivity contribution in [2.75, 3.05) is 0 Å². The van der Waals surface area contributed by atoms with Crippen LogP contribution in [0.1, 0.15) is 25.0 Å². The molecule has 1 atom stereocenters. The van der Waals surface area contributed by atoms with Gasteiger partial charge in [0.25, 0.3) is 0 Å². The fraction of sp³-hybridized carbons (Fsp3) is 0.294. The van der Waals surface area contributed by atoms with E-state index >= 15 is 0 Å². The number of amides is 1. The average Bonchev–Trinajstić information content (AvgIpc) is 3.17. The van der Waals surface area contributed by atoms with Gasteiger partial charge in [0.05, 0.1) is 6.54 Å². The maximum Gasteiger partial charge on any atom is 0.220 e. The zero-order valence-electron chi connectivity index (χ0n) is 11.8. The van der Waals surface area contributed by atoms with Gasteiger partial charge < -0.3 is 9.84 Å². The molecule has 4 nitrogen and oxygen atoms in total. The largest absolute Gasteiger partial charge is 0.359 e. The number of nitrogens with zero attached hydrogens (tertiary/aromatic N) is 1. The molecular formula is C17H18N2O2. The van der Waals surface area contributed by atoms with Crippen molar-refractivity contribution in [3.8, 4) is 11.3 Å². The Hall–Kier alpha value is -2.36. The first-order chi connectivity index (χ1) is 10.3. The molecule has 21 heavy (non-hydrogen) atoms. The van der Waals surface area contributed by atoms with Crippen LogP contribution in [-0.2, 0) is 11.3 Å². The number of rotatable bonds is 5. The topological polar surface area (TPSA) is 55.1 Å². The van der Waals surface area contributed by atoms with Crippen LogP contribution in [0.3, 0.4) is 0 Å². The van der Waals surface area contributed by atoms with E-state index in [4.69, 9.17) is 4.52 Å². The van der Waals surface area contributed by atoms with E-state index in [-0.39, 0.29) is 5.91 Å². The summed E-state index contributed by atoms with van der Waals surface area (Å²) in [6.45, 7) is 0.384. The Morgan fingerprint density at radius 2 is 2.19 bits per heavy atom. The van der Waals surface area contributed by atoms with Crippen LogP contribution < -0.4 is 5.32 Å². The van der Waals surface area contributed by atoms with E-state index in [1.54, 1.807) is 0 Å². The number of benzene rings is 1. The molecule has 0 unspecified atom stereocenters. The van der Waals surface area contributed by atoms with Gasteiger partial charge in [0.15, 0.2) is 5.76 Å². The molecule has 4 heteroatoms. The molecule has 1 aromatic carbocycles. The molecule has 2 aromatic rings. The minimum Gasteiger partial charge on any atom is -0.359 e. The zero-order chi connectivity index (χ0) is 14.5. The van der Waals surface area contributed by atoms with Gasteiger partial charge in [0.1, 0.15) is 5.69 Å². The van der Waals surface area contributed by atoms with Gasteiger partial charge in [-0.15, -0.1) is 0 Å². The molecule has 1 heterocycles. The van der Waals surface area contributed by atoms with Crippen LogP contribution in [0.2, 0.25) is 0 Å². The summed E-state index contributed by atoms with van der Waals surface area (Å²) in [6.07, 6.45) is 6.98. The molecule has 1 aliphatic rings. The fourth-order valence-electron chi connectivity index (χ4n) is 2.50. The third kappa shape index (κ3) is 3.60. The van der Waals surface area contributed by atoms with Crippen LogP contribution in [0.5, 0.6) is 0 Å². The molecule has 0 spiro atoms. The van der Waals surface area contributed by atoms with Crippen molar-refractivity contribution in [2.45, 2.75) is 25.8 Å². The zero-order valence-corrected chi connectivity index (χ0v) is 11.8. The Morgan fingerprint density at radius 1 is 1.33 bits per heavy atom. The fourth-order valence-corrected chi connectivity index (χ4v) is 2.50. The lowest BCUT2D eigenvalue weighted by Gasteiger charge is -2.06. The molecule has 3 rings (SSSR count). The summed E-state index contributed by atoms with van der Waals surface area (Å²) in [6, 6.07) is 11.7. The van der Waals surface area contributed by atoms with Crippen molar-refractivity contribution in [1.82, 2.24) is 10.5 Å². The molecule has 1 aliphatic carbocycles. The minimum atomic E-state index is 0.0595. The van der Waals surface area contributed by atoms with E-state index in [0.717, 1.165) is 24.1 Å². The Kier molecular flexibility index (Phi) is 4.15. The van der Waals surface area contributed by atoms with Crippen molar-refractivity contribution in [2.24, 2.45) is 5.92 Å². The summed E-state index contributed by atoms with van der Waals surface area (Å²) in [7, 11) is 0. The second-order valence-corrected chi connectivity index (χ2v) is 5.29. The Labute approximate surface area is 123 Å². The lowest BCUT2D eigenvalue weighted by atomic mass is 10.1. The summed E-state index contributed by atoms with van der Waals surface area (Å²) >= 11 is 0. The van der Waals surface area contributed by atoms with Gasteiger partial charge in [-0.3, -0.25) is 4.79 Å². The molecule has 1 aromatic heterocycles. The number of nitrogens with one attached hydrogen (secondary N) is 1. The van der Waals surface area contributed by atoms with Crippen molar-refractivity contribution in [3.05, 3.63) is 54.3 Å². The predicted octanol–water partition coefficient (Wildman–Crippen LogP) is 3.31. The first-order valence-corrected chi connectivity index (χ1v) is 7.25. The highest BCUT2D eigenvalue weighted by Gasteiger charge is 2.14. The summed E-state index contributed by atoms with van der Waals surface area (Å²) < 4.78 is 5.26. The molecular weight excluding hydrogens is 264 g/mol. The normalized spacial score (nSPS) is 17.0. The first-order valence-electron chi connectivity index (χ1n) is 7.25. The number of carbonyl (C=O) groups excluding carboxylic acids is 1. The van der Waals surface area contributed by atoms with Crippen LogP contribution in [0, 0.1) is 5.92 Å². The Bertz CT molecular complexity index is 631. The number of carbonyl (C=O) groups is 1. The van der Waals surface area contributed by atoms with E-state index in [9.17, 15) is 4.79 Å². The van der Waals surface area contributed by atoms with Gasteiger partial charge >= 0.3 is 0 Å². The van der Waals surface area contributed by atoms with Gasteiger partial charge in [-0.2, -0.15) is 0 Å². The Morgan fingerprint density at radius 3 is 2.95 bits per heavy atom. The van der Waals surface area contributed by atoms with Crippen molar-refractivity contribution >= 4 is 5.91 Å². The van der Waals surface area contributed by atoms with E-state index in [1.165, 1.54) is 0 Å². The van der Waals surface area contributed by atoms with Crippen LogP contribution in [0.4, 0.5) is 0 Å². The highest BCUT2D eigenvalue weighted by atomic mass is 16.5. The quantitative estimate of drug-likeness (QED) is 0.856. The van der Waals surface area contributed by atoms with Crippen LogP contribution >= 0.6 is 0 Å². The first kappa shape index (κ1) is 13.6. The van der Waals surface area contributed by atoms with Crippen molar-refractivity contribution in [3.63, 3.8) is 0 Å².